The van der Waals surface area contributed by atoms with Crippen LogP contribution in [0, 0.1) is 6.92 Å². The lowest BCUT2D eigenvalue weighted by atomic mass is 10.1. The van der Waals surface area contributed by atoms with Crippen molar-refractivity contribution in [3.8, 4) is 5.75 Å². The highest BCUT2D eigenvalue weighted by atomic mass is 35.5. The highest BCUT2D eigenvalue weighted by Crippen LogP contribution is 2.30. The lowest BCUT2D eigenvalue weighted by Crippen LogP contribution is -2.48. The van der Waals surface area contributed by atoms with E-state index in [2.05, 4.69) is 4.90 Å². The molecule has 1 fully saturated rings. The number of carbonyl (C=O) groups is 1. The maximum Gasteiger partial charge on any atom is 0.258 e. The Bertz CT molecular complexity index is 990. The number of benzene rings is 2. The number of hydrogen-bond acceptors (Lipinski definition) is 4. The quantitative estimate of drug-likeness (QED) is 0.672. The maximum atomic E-state index is 13.2. The molecule has 27 heavy (non-hydrogen) atoms. The minimum absolute atomic E-state index is 0.00486. The van der Waals surface area contributed by atoms with Crippen molar-refractivity contribution in [2.45, 2.75) is 6.92 Å². The number of hydrogen-bond donors (Lipinski definition) is 0. The van der Waals surface area contributed by atoms with Crippen molar-refractivity contribution in [2.75, 3.05) is 38.2 Å². The van der Waals surface area contributed by atoms with Crippen LogP contribution in [0.4, 0.5) is 5.69 Å². The van der Waals surface area contributed by atoms with Gasteiger partial charge in [-0.05, 0) is 43.3 Å². The summed E-state index contributed by atoms with van der Waals surface area (Å²) in [6, 6.07) is 13.4. The first-order chi connectivity index (χ1) is 13.1. The molecular formula is C21H21ClN2O3. The van der Waals surface area contributed by atoms with E-state index in [0.717, 1.165) is 29.2 Å². The molecule has 4 rings (SSSR count). The number of methoxy groups -OCH3 is 1. The van der Waals surface area contributed by atoms with Crippen LogP contribution in [0.2, 0.25) is 5.02 Å². The van der Waals surface area contributed by atoms with Gasteiger partial charge in [-0.15, -0.1) is 0 Å². The number of carbonyl (C=O) groups excluding carboxylic acids is 1. The second-order valence-electron chi connectivity index (χ2n) is 6.65. The second kappa shape index (κ2) is 7.16. The zero-order valence-electron chi connectivity index (χ0n) is 15.4. The molecule has 5 nitrogen and oxygen atoms in total. The summed E-state index contributed by atoms with van der Waals surface area (Å²) in [7, 11) is 1.62. The Morgan fingerprint density at radius 2 is 1.89 bits per heavy atom. The zero-order valence-corrected chi connectivity index (χ0v) is 16.1. The minimum Gasteiger partial charge on any atom is -0.497 e. The molecule has 140 valence electrons. The number of piperazine rings is 1. The van der Waals surface area contributed by atoms with E-state index in [1.807, 2.05) is 54.3 Å². The molecule has 0 N–H and O–H groups in total. The molecule has 0 bridgehead atoms. The molecule has 1 aromatic heterocycles. The third-order valence-corrected chi connectivity index (χ3v) is 5.26. The Morgan fingerprint density at radius 3 is 2.59 bits per heavy atom. The number of halogens is 1. The van der Waals surface area contributed by atoms with E-state index in [1.165, 1.54) is 0 Å². The molecule has 0 spiro atoms. The highest BCUT2D eigenvalue weighted by Gasteiger charge is 2.27. The van der Waals surface area contributed by atoms with Crippen molar-refractivity contribution in [1.29, 1.82) is 0 Å². The van der Waals surface area contributed by atoms with E-state index >= 15 is 0 Å². The molecule has 3 aromatic rings. The van der Waals surface area contributed by atoms with E-state index in [-0.39, 0.29) is 5.91 Å². The van der Waals surface area contributed by atoms with Gasteiger partial charge in [-0.3, -0.25) is 4.79 Å². The third-order valence-electron chi connectivity index (χ3n) is 5.03. The first kappa shape index (κ1) is 17.7. The third kappa shape index (κ3) is 3.35. The molecule has 0 unspecified atom stereocenters. The molecule has 1 aliphatic rings. The summed E-state index contributed by atoms with van der Waals surface area (Å²) in [6.07, 6.45) is 0. The van der Waals surface area contributed by atoms with Gasteiger partial charge in [0.15, 0.2) is 0 Å². The van der Waals surface area contributed by atoms with Crippen molar-refractivity contribution in [1.82, 2.24) is 4.90 Å². The summed E-state index contributed by atoms with van der Waals surface area (Å²) in [5.74, 6) is 1.36. The second-order valence-corrected chi connectivity index (χ2v) is 7.09. The lowest BCUT2D eigenvalue weighted by molar-refractivity contribution is 0.0746. The Balaban J connectivity index is 1.54. The number of anilines is 1. The van der Waals surface area contributed by atoms with Gasteiger partial charge >= 0.3 is 0 Å². The number of nitrogens with zero attached hydrogens (tertiary/aromatic N) is 2. The van der Waals surface area contributed by atoms with Crippen LogP contribution >= 0.6 is 11.6 Å². The summed E-state index contributed by atoms with van der Waals surface area (Å²) in [5.41, 5.74) is 2.42. The predicted octanol–water partition coefficient (Wildman–Crippen LogP) is 4.37. The van der Waals surface area contributed by atoms with Gasteiger partial charge in [-0.2, -0.15) is 0 Å². The Morgan fingerprint density at radius 1 is 1.11 bits per heavy atom. The van der Waals surface area contributed by atoms with Crippen LogP contribution in [-0.4, -0.2) is 44.1 Å². The SMILES string of the molecule is COc1ccc2oc(C)c(C(=O)N3CCN(c4cccc(Cl)c4)CC3)c2c1. The molecule has 1 saturated heterocycles. The molecule has 2 heterocycles. The maximum absolute atomic E-state index is 13.2. The van der Waals surface area contributed by atoms with Crippen molar-refractivity contribution in [2.24, 2.45) is 0 Å². The predicted molar refractivity (Wildman–Crippen MR) is 107 cm³/mol. The van der Waals surface area contributed by atoms with Crippen molar-refractivity contribution in [3.63, 3.8) is 0 Å². The monoisotopic (exact) mass is 384 g/mol. The number of amides is 1. The number of aryl methyl sites for hydroxylation is 1. The Kier molecular flexibility index (Phi) is 4.70. The van der Waals surface area contributed by atoms with Crippen molar-refractivity contribution >= 4 is 34.2 Å². The number of ether oxygens (including phenoxy) is 1. The molecule has 0 atom stereocenters. The first-order valence-electron chi connectivity index (χ1n) is 8.94. The van der Waals surface area contributed by atoms with Crippen LogP contribution in [0.15, 0.2) is 46.9 Å². The normalized spacial score (nSPS) is 14.6. The average Bonchev–Trinajstić information content (AvgIpc) is 3.02. The minimum atomic E-state index is 0.00486. The topological polar surface area (TPSA) is 45.9 Å². The highest BCUT2D eigenvalue weighted by molar-refractivity contribution is 6.30. The molecule has 2 aromatic carbocycles. The number of furan rings is 1. The zero-order chi connectivity index (χ0) is 19.0. The van der Waals surface area contributed by atoms with Crippen LogP contribution in [0.3, 0.4) is 0 Å². The summed E-state index contributed by atoms with van der Waals surface area (Å²) >= 11 is 6.10. The average molecular weight is 385 g/mol. The van der Waals surface area contributed by atoms with Gasteiger partial charge < -0.3 is 19.0 Å². The van der Waals surface area contributed by atoms with Crippen molar-refractivity contribution < 1.29 is 13.9 Å². The van der Waals surface area contributed by atoms with Crippen molar-refractivity contribution in [3.05, 3.63) is 58.8 Å². The smallest absolute Gasteiger partial charge is 0.258 e. The fourth-order valence-corrected chi connectivity index (χ4v) is 3.78. The molecule has 6 heteroatoms. The molecular weight excluding hydrogens is 364 g/mol. The first-order valence-corrected chi connectivity index (χ1v) is 9.31. The van der Waals surface area contributed by atoms with E-state index in [9.17, 15) is 4.79 Å². The van der Waals surface area contributed by atoms with Gasteiger partial charge in [-0.25, -0.2) is 0 Å². The fourth-order valence-electron chi connectivity index (χ4n) is 3.59. The summed E-state index contributed by atoms with van der Waals surface area (Å²) in [6.45, 7) is 4.68. The van der Waals surface area contributed by atoms with Crippen LogP contribution in [0.5, 0.6) is 5.75 Å². The molecule has 0 aliphatic carbocycles. The molecule has 1 amide bonds. The van der Waals surface area contributed by atoms with Gasteiger partial charge in [0.1, 0.15) is 17.1 Å². The van der Waals surface area contributed by atoms with E-state index in [4.69, 9.17) is 20.8 Å². The van der Waals surface area contributed by atoms with Gasteiger partial charge in [0, 0.05) is 42.3 Å². The summed E-state index contributed by atoms with van der Waals surface area (Å²) < 4.78 is 11.1. The number of fused-ring (bicyclic) bond motifs is 1. The summed E-state index contributed by atoms with van der Waals surface area (Å²) in [4.78, 5) is 17.3. The van der Waals surface area contributed by atoms with E-state index in [0.29, 0.717) is 35.7 Å². The van der Waals surface area contributed by atoms with E-state index in [1.54, 1.807) is 7.11 Å². The van der Waals surface area contributed by atoms with Crippen LogP contribution in [0.25, 0.3) is 11.0 Å². The Labute approximate surface area is 163 Å². The standard InChI is InChI=1S/C21H21ClN2O3/c1-14-20(18-13-17(26-2)6-7-19(18)27-14)21(25)24-10-8-23(9-11-24)16-5-3-4-15(22)12-16/h3-7,12-13H,8-11H2,1-2H3. The van der Waals surface area contributed by atoms with Crippen LogP contribution in [0.1, 0.15) is 16.1 Å². The number of rotatable bonds is 3. The Hall–Kier alpha value is -2.66. The van der Waals surface area contributed by atoms with Crippen LogP contribution < -0.4 is 9.64 Å². The van der Waals surface area contributed by atoms with Gasteiger partial charge in [0.05, 0.1) is 12.7 Å². The van der Waals surface area contributed by atoms with Gasteiger partial charge in [0.2, 0.25) is 0 Å². The van der Waals surface area contributed by atoms with Gasteiger partial charge in [0.25, 0.3) is 5.91 Å². The van der Waals surface area contributed by atoms with Gasteiger partial charge in [-0.1, -0.05) is 17.7 Å². The molecule has 0 saturated carbocycles. The van der Waals surface area contributed by atoms with E-state index < -0.39 is 0 Å². The molecule has 0 radical (unpaired) electrons. The lowest BCUT2D eigenvalue weighted by Gasteiger charge is -2.36. The summed E-state index contributed by atoms with van der Waals surface area (Å²) in [5, 5.41) is 1.52. The molecule has 1 aliphatic heterocycles. The van der Waals surface area contributed by atoms with Crippen LogP contribution in [-0.2, 0) is 0 Å². The fraction of sp³-hybridized carbons (Fsp3) is 0.286. The largest absolute Gasteiger partial charge is 0.497 e.